The summed E-state index contributed by atoms with van der Waals surface area (Å²) in [5, 5.41) is 6.92. The van der Waals surface area contributed by atoms with Gasteiger partial charge in [0.15, 0.2) is 0 Å². The van der Waals surface area contributed by atoms with Gasteiger partial charge in [-0.25, -0.2) is 9.97 Å². The van der Waals surface area contributed by atoms with Crippen LogP contribution in [0.25, 0.3) is 20.7 Å². The lowest BCUT2D eigenvalue weighted by molar-refractivity contribution is -0.122. The molecule has 1 amide bonds. The Morgan fingerprint density at radius 3 is 2.58 bits per heavy atom. The van der Waals surface area contributed by atoms with Crippen molar-refractivity contribution in [1.82, 2.24) is 15.3 Å². The smallest absolute Gasteiger partial charge is 0.242 e. The Hall–Kier alpha value is -2.47. The topological polar surface area (TPSA) is 66.9 Å². The minimum atomic E-state index is -0.340. The van der Waals surface area contributed by atoms with Gasteiger partial charge < -0.3 is 10.6 Å². The molecule has 24 heavy (non-hydrogen) atoms. The molecule has 0 saturated carbocycles. The highest BCUT2D eigenvalue weighted by molar-refractivity contribution is 7.21. The van der Waals surface area contributed by atoms with Gasteiger partial charge in [-0.15, -0.1) is 11.3 Å². The summed E-state index contributed by atoms with van der Waals surface area (Å²) in [5.74, 6) is 0.790. The second-order valence-electron chi connectivity index (χ2n) is 5.90. The van der Waals surface area contributed by atoms with Gasteiger partial charge in [-0.3, -0.25) is 4.79 Å². The highest BCUT2D eigenvalue weighted by Gasteiger charge is 2.22. The van der Waals surface area contributed by atoms with Gasteiger partial charge in [-0.2, -0.15) is 0 Å². The van der Waals surface area contributed by atoms with Gasteiger partial charge in [0.05, 0.1) is 5.39 Å². The van der Waals surface area contributed by atoms with Crippen molar-refractivity contribution in [3.8, 4) is 10.4 Å². The number of benzene rings is 1. The molecule has 6 heteroatoms. The Labute approximate surface area is 145 Å². The maximum absolute atomic E-state index is 12.1. The van der Waals surface area contributed by atoms with E-state index in [0.717, 1.165) is 20.7 Å². The number of hydrogen-bond acceptors (Lipinski definition) is 5. The number of fused-ring (bicyclic) bond motifs is 1. The maximum atomic E-state index is 12.1. The number of carbonyl (C=O) groups excluding carboxylic acids is 1. The summed E-state index contributed by atoms with van der Waals surface area (Å²) in [4.78, 5) is 22.9. The van der Waals surface area contributed by atoms with Crippen LogP contribution in [-0.4, -0.2) is 29.0 Å². The first-order chi connectivity index (χ1) is 11.6. The van der Waals surface area contributed by atoms with Gasteiger partial charge in [0.25, 0.3) is 0 Å². The van der Waals surface area contributed by atoms with Crippen LogP contribution in [0.2, 0.25) is 0 Å². The lowest BCUT2D eigenvalue weighted by Gasteiger charge is -2.21. The van der Waals surface area contributed by atoms with E-state index >= 15 is 0 Å². The summed E-state index contributed by atoms with van der Waals surface area (Å²) in [7, 11) is 1.65. The minimum Gasteiger partial charge on any atom is -0.358 e. The van der Waals surface area contributed by atoms with Crippen LogP contribution < -0.4 is 10.6 Å². The first-order valence-corrected chi connectivity index (χ1v) is 8.70. The second kappa shape index (κ2) is 6.97. The first kappa shape index (κ1) is 16.4. The molecule has 0 saturated heterocycles. The Bertz CT molecular complexity index is 845. The Morgan fingerprint density at radius 2 is 1.92 bits per heavy atom. The van der Waals surface area contributed by atoms with Gasteiger partial charge in [-0.1, -0.05) is 44.2 Å². The molecule has 0 aliphatic heterocycles. The molecule has 3 aromatic rings. The van der Waals surface area contributed by atoms with E-state index in [0.29, 0.717) is 5.82 Å². The van der Waals surface area contributed by atoms with Gasteiger partial charge >= 0.3 is 0 Å². The van der Waals surface area contributed by atoms with Crippen molar-refractivity contribution in [3.63, 3.8) is 0 Å². The number of likely N-dealkylation sites (N-methyl/N-ethyl adjacent to an activating group) is 1. The lowest BCUT2D eigenvalue weighted by atomic mass is 10.0. The van der Waals surface area contributed by atoms with Crippen molar-refractivity contribution in [2.24, 2.45) is 5.92 Å². The molecule has 1 unspecified atom stereocenters. The molecule has 124 valence electrons. The van der Waals surface area contributed by atoms with Gasteiger partial charge in [0.2, 0.25) is 5.91 Å². The third kappa shape index (κ3) is 3.23. The van der Waals surface area contributed by atoms with Crippen molar-refractivity contribution in [3.05, 3.63) is 42.7 Å². The molecule has 1 aromatic carbocycles. The molecule has 2 N–H and O–H groups in total. The SMILES string of the molecule is CNC(=O)C(Nc1ncnc2sc(-c3ccccc3)cc12)C(C)C. The van der Waals surface area contributed by atoms with E-state index in [9.17, 15) is 4.79 Å². The largest absolute Gasteiger partial charge is 0.358 e. The highest BCUT2D eigenvalue weighted by Crippen LogP contribution is 2.35. The highest BCUT2D eigenvalue weighted by atomic mass is 32.1. The number of thiophene rings is 1. The van der Waals surface area contributed by atoms with Crippen LogP contribution in [0.1, 0.15) is 13.8 Å². The number of amides is 1. The zero-order chi connectivity index (χ0) is 17.1. The number of nitrogens with one attached hydrogen (secondary N) is 2. The van der Waals surface area contributed by atoms with Crippen LogP contribution in [0.3, 0.4) is 0 Å². The number of rotatable bonds is 5. The Balaban J connectivity index is 2.00. The van der Waals surface area contributed by atoms with Crippen LogP contribution in [0.5, 0.6) is 0 Å². The van der Waals surface area contributed by atoms with E-state index in [1.165, 1.54) is 6.33 Å². The quantitative estimate of drug-likeness (QED) is 0.745. The molecule has 5 nitrogen and oxygen atoms in total. The number of aromatic nitrogens is 2. The average Bonchev–Trinajstić information content (AvgIpc) is 3.04. The summed E-state index contributed by atoms with van der Waals surface area (Å²) in [6.45, 7) is 4.02. The van der Waals surface area contributed by atoms with E-state index in [1.54, 1.807) is 18.4 Å². The van der Waals surface area contributed by atoms with Crippen LogP contribution in [0.15, 0.2) is 42.7 Å². The molecule has 0 bridgehead atoms. The summed E-state index contributed by atoms with van der Waals surface area (Å²) in [5.41, 5.74) is 1.15. The predicted octanol–water partition coefficient (Wildman–Crippen LogP) is 3.54. The second-order valence-corrected chi connectivity index (χ2v) is 6.93. The van der Waals surface area contributed by atoms with E-state index in [1.807, 2.05) is 32.0 Å². The van der Waals surface area contributed by atoms with Crippen LogP contribution in [-0.2, 0) is 4.79 Å². The minimum absolute atomic E-state index is 0.0460. The van der Waals surface area contributed by atoms with Gasteiger partial charge in [-0.05, 0) is 17.5 Å². The van der Waals surface area contributed by atoms with E-state index in [4.69, 9.17) is 0 Å². The van der Waals surface area contributed by atoms with Crippen molar-refractivity contribution >= 4 is 33.3 Å². The molecule has 0 spiro atoms. The Morgan fingerprint density at radius 1 is 1.17 bits per heavy atom. The van der Waals surface area contributed by atoms with E-state index in [-0.39, 0.29) is 17.9 Å². The third-order valence-electron chi connectivity index (χ3n) is 3.88. The fourth-order valence-electron chi connectivity index (χ4n) is 2.55. The number of nitrogens with zero attached hydrogens (tertiary/aromatic N) is 2. The normalized spacial score (nSPS) is 12.3. The van der Waals surface area contributed by atoms with Crippen molar-refractivity contribution < 1.29 is 4.79 Å². The molecular weight excluding hydrogens is 320 g/mol. The monoisotopic (exact) mass is 340 g/mol. The molecule has 2 heterocycles. The Kier molecular flexibility index (Phi) is 4.76. The average molecular weight is 340 g/mol. The van der Waals surface area contributed by atoms with Crippen LogP contribution >= 0.6 is 11.3 Å². The third-order valence-corrected chi connectivity index (χ3v) is 4.97. The lowest BCUT2D eigenvalue weighted by Crippen LogP contribution is -2.41. The molecule has 3 rings (SSSR count). The maximum Gasteiger partial charge on any atom is 0.242 e. The molecule has 0 fully saturated rings. The van der Waals surface area contributed by atoms with Gasteiger partial charge in [0.1, 0.15) is 23.0 Å². The molecule has 0 aliphatic rings. The molecule has 0 radical (unpaired) electrons. The van der Waals surface area contributed by atoms with Crippen LogP contribution in [0.4, 0.5) is 5.82 Å². The summed E-state index contributed by atoms with van der Waals surface area (Å²) >= 11 is 1.62. The van der Waals surface area contributed by atoms with Gasteiger partial charge in [0, 0.05) is 11.9 Å². The van der Waals surface area contributed by atoms with Crippen LogP contribution in [0, 0.1) is 5.92 Å². The first-order valence-electron chi connectivity index (χ1n) is 7.88. The number of hydrogen-bond donors (Lipinski definition) is 2. The molecule has 1 atom stereocenters. The van der Waals surface area contributed by atoms with E-state index in [2.05, 4.69) is 38.8 Å². The number of carbonyl (C=O) groups is 1. The zero-order valence-electron chi connectivity index (χ0n) is 13.9. The van der Waals surface area contributed by atoms with Crippen molar-refractivity contribution in [2.75, 3.05) is 12.4 Å². The molecule has 0 aliphatic carbocycles. The van der Waals surface area contributed by atoms with E-state index < -0.39 is 0 Å². The fourth-order valence-corrected chi connectivity index (χ4v) is 3.56. The summed E-state index contributed by atoms with van der Waals surface area (Å²) in [6.07, 6.45) is 1.54. The zero-order valence-corrected chi connectivity index (χ0v) is 14.7. The van der Waals surface area contributed by atoms with Crippen molar-refractivity contribution in [1.29, 1.82) is 0 Å². The summed E-state index contributed by atoms with van der Waals surface area (Å²) < 4.78 is 0. The molecular formula is C18H20N4OS. The predicted molar refractivity (Wildman–Crippen MR) is 99.2 cm³/mol. The number of anilines is 1. The molecule has 2 aromatic heterocycles. The summed E-state index contributed by atoms with van der Waals surface area (Å²) in [6, 6.07) is 11.9. The van der Waals surface area contributed by atoms with Crippen molar-refractivity contribution in [2.45, 2.75) is 19.9 Å². The standard InChI is InChI=1S/C18H20N4OS/c1-11(2)15(17(23)19-3)22-16-13-9-14(12-7-5-4-6-8-12)24-18(13)21-10-20-16/h4-11,15H,1-3H3,(H,19,23)(H,20,21,22). The fraction of sp³-hybridized carbons (Fsp3) is 0.278.